The van der Waals surface area contributed by atoms with Crippen molar-refractivity contribution in [3.8, 4) is 0 Å². The quantitative estimate of drug-likeness (QED) is 0.561. The van der Waals surface area contributed by atoms with E-state index in [4.69, 9.17) is 4.52 Å². The number of hydrogen-bond donors (Lipinski definition) is 1. The highest BCUT2D eigenvalue weighted by Crippen LogP contribution is 2.28. The average Bonchev–Trinajstić information content (AvgIpc) is 3.38. The van der Waals surface area contributed by atoms with Crippen molar-refractivity contribution in [2.75, 3.05) is 43.4 Å². The number of likely N-dealkylation sites (N-methyl/N-ethyl adjacent to an activating group) is 1. The molecule has 1 saturated heterocycles. The van der Waals surface area contributed by atoms with Gasteiger partial charge in [0.2, 0.25) is 27.7 Å². The lowest BCUT2D eigenvalue weighted by Gasteiger charge is -2.21. The third-order valence-electron chi connectivity index (χ3n) is 5.62. The maximum absolute atomic E-state index is 12.8. The lowest BCUT2D eigenvalue weighted by Crippen LogP contribution is -2.39. The largest absolute Gasteiger partial charge is 0.360 e. The molecule has 11 nitrogen and oxygen atoms in total. The molecule has 0 spiro atoms. The summed E-state index contributed by atoms with van der Waals surface area (Å²) in [5, 5.41) is 6.23. The number of carbonyl (C=O) groups excluding carboxylic acids is 3. The molecular formula is C22H29N5O6S. The third kappa shape index (κ3) is 5.45. The molecule has 1 aromatic heterocycles. The summed E-state index contributed by atoms with van der Waals surface area (Å²) in [7, 11) is -2.11. The number of aromatic nitrogens is 1. The Hall–Kier alpha value is -3.25. The number of benzene rings is 1. The summed E-state index contributed by atoms with van der Waals surface area (Å²) in [4.78, 5) is 40.5. The fraction of sp³-hybridized carbons (Fsp3) is 0.455. The fourth-order valence-corrected chi connectivity index (χ4v) is 5.30. The summed E-state index contributed by atoms with van der Waals surface area (Å²) in [6.45, 7) is 5.90. The molecule has 0 saturated carbocycles. The van der Waals surface area contributed by atoms with Gasteiger partial charge in [0.25, 0.3) is 0 Å². The maximum atomic E-state index is 12.8. The molecule has 0 bridgehead atoms. The van der Waals surface area contributed by atoms with Crippen LogP contribution in [0.25, 0.3) is 0 Å². The van der Waals surface area contributed by atoms with Gasteiger partial charge in [-0.1, -0.05) is 19.0 Å². The number of rotatable bonds is 9. The maximum Gasteiger partial charge on any atom is 0.245 e. The van der Waals surface area contributed by atoms with Crippen LogP contribution in [0.2, 0.25) is 0 Å². The zero-order valence-corrected chi connectivity index (χ0v) is 20.5. The van der Waals surface area contributed by atoms with Gasteiger partial charge < -0.3 is 19.6 Å². The van der Waals surface area contributed by atoms with Crippen molar-refractivity contribution in [3.63, 3.8) is 0 Å². The van der Waals surface area contributed by atoms with Crippen LogP contribution in [-0.2, 0) is 24.4 Å². The van der Waals surface area contributed by atoms with E-state index in [1.165, 1.54) is 33.3 Å². The normalized spacial score (nSPS) is 16.2. The van der Waals surface area contributed by atoms with Gasteiger partial charge in [-0.2, -0.15) is 4.31 Å². The Bertz CT molecular complexity index is 1160. The first-order valence-corrected chi connectivity index (χ1v) is 12.4. The van der Waals surface area contributed by atoms with E-state index in [-0.39, 0.29) is 42.0 Å². The topological polar surface area (TPSA) is 133 Å². The Kier molecular flexibility index (Phi) is 7.72. The van der Waals surface area contributed by atoms with Gasteiger partial charge in [0, 0.05) is 44.9 Å². The first-order chi connectivity index (χ1) is 16.1. The van der Waals surface area contributed by atoms with Crippen molar-refractivity contribution < 1.29 is 27.3 Å². The SMILES string of the molecule is CCN(CC)S(=O)(=O)c1ccc(N2CC(C(=O)N(C)CC(=O)Nc3cc(C)on3)CC2=O)cc1. The van der Waals surface area contributed by atoms with Crippen LogP contribution in [0.5, 0.6) is 0 Å². The number of hydrogen-bond acceptors (Lipinski definition) is 7. The summed E-state index contributed by atoms with van der Waals surface area (Å²) in [6.07, 6.45) is 0.00672. The fourth-order valence-electron chi connectivity index (χ4n) is 3.85. The Morgan fingerprint density at radius 3 is 2.41 bits per heavy atom. The van der Waals surface area contributed by atoms with Gasteiger partial charge in [0.05, 0.1) is 17.4 Å². The van der Waals surface area contributed by atoms with Crippen molar-refractivity contribution in [3.05, 3.63) is 36.1 Å². The molecular weight excluding hydrogens is 462 g/mol. The first-order valence-electron chi connectivity index (χ1n) is 11.0. The molecule has 1 fully saturated rings. The van der Waals surface area contributed by atoms with Crippen LogP contribution in [0.4, 0.5) is 11.5 Å². The van der Waals surface area contributed by atoms with Gasteiger partial charge in [-0.15, -0.1) is 0 Å². The second-order valence-corrected chi connectivity index (χ2v) is 9.99. The molecule has 2 aromatic rings. The van der Waals surface area contributed by atoms with Crippen molar-refractivity contribution in [1.82, 2.24) is 14.4 Å². The molecule has 1 aliphatic heterocycles. The van der Waals surface area contributed by atoms with Crippen molar-refractivity contribution in [2.24, 2.45) is 5.92 Å². The van der Waals surface area contributed by atoms with E-state index in [0.717, 1.165) is 0 Å². The Balaban J connectivity index is 1.62. The highest BCUT2D eigenvalue weighted by atomic mass is 32.2. The monoisotopic (exact) mass is 491 g/mol. The predicted molar refractivity (Wildman–Crippen MR) is 125 cm³/mol. The number of anilines is 2. The van der Waals surface area contributed by atoms with Gasteiger partial charge in [-0.05, 0) is 31.2 Å². The summed E-state index contributed by atoms with van der Waals surface area (Å²) in [5.41, 5.74) is 0.514. The van der Waals surface area contributed by atoms with Gasteiger partial charge >= 0.3 is 0 Å². The highest BCUT2D eigenvalue weighted by Gasteiger charge is 2.37. The minimum absolute atomic E-state index is 0.00672. The van der Waals surface area contributed by atoms with Gasteiger partial charge in [-0.25, -0.2) is 8.42 Å². The smallest absolute Gasteiger partial charge is 0.245 e. The van der Waals surface area contributed by atoms with E-state index in [9.17, 15) is 22.8 Å². The molecule has 1 unspecified atom stereocenters. The van der Waals surface area contributed by atoms with Crippen LogP contribution >= 0.6 is 0 Å². The lowest BCUT2D eigenvalue weighted by molar-refractivity contribution is -0.137. The number of carbonyl (C=O) groups is 3. The van der Waals surface area contributed by atoms with Crippen LogP contribution in [0.15, 0.2) is 39.8 Å². The highest BCUT2D eigenvalue weighted by molar-refractivity contribution is 7.89. The molecule has 34 heavy (non-hydrogen) atoms. The average molecular weight is 492 g/mol. The van der Waals surface area contributed by atoms with E-state index >= 15 is 0 Å². The second kappa shape index (κ2) is 10.3. The van der Waals surface area contributed by atoms with Crippen LogP contribution in [0.3, 0.4) is 0 Å². The summed E-state index contributed by atoms with van der Waals surface area (Å²) in [5.74, 6) is -0.814. The molecule has 1 atom stereocenters. The van der Waals surface area contributed by atoms with E-state index in [0.29, 0.717) is 24.5 Å². The Morgan fingerprint density at radius 2 is 1.85 bits per heavy atom. The zero-order valence-electron chi connectivity index (χ0n) is 19.6. The minimum atomic E-state index is -3.60. The summed E-state index contributed by atoms with van der Waals surface area (Å²) in [6, 6.07) is 7.63. The van der Waals surface area contributed by atoms with Crippen LogP contribution in [0, 0.1) is 12.8 Å². The van der Waals surface area contributed by atoms with Crippen molar-refractivity contribution in [2.45, 2.75) is 32.1 Å². The van der Waals surface area contributed by atoms with E-state index in [1.807, 2.05) is 0 Å². The van der Waals surface area contributed by atoms with E-state index in [2.05, 4.69) is 10.5 Å². The van der Waals surface area contributed by atoms with Crippen molar-refractivity contribution >= 4 is 39.3 Å². The standard InChI is InChI=1S/C22H29N5O6S/c1-5-26(6-2)34(31,32)18-9-7-17(8-10-18)27-13-16(12-21(27)29)22(30)25(4)14-20(28)23-19-11-15(3)33-24-19/h7-11,16H,5-6,12-14H2,1-4H3,(H,23,24,28). The summed E-state index contributed by atoms with van der Waals surface area (Å²) >= 11 is 0. The predicted octanol–water partition coefficient (Wildman–Crippen LogP) is 1.46. The number of sulfonamides is 1. The molecule has 3 rings (SSSR count). The molecule has 0 radical (unpaired) electrons. The lowest BCUT2D eigenvalue weighted by atomic mass is 10.1. The molecule has 1 N–H and O–H groups in total. The molecule has 1 aromatic carbocycles. The molecule has 2 heterocycles. The van der Waals surface area contributed by atoms with E-state index in [1.54, 1.807) is 39.0 Å². The zero-order chi connectivity index (χ0) is 25.0. The minimum Gasteiger partial charge on any atom is -0.360 e. The third-order valence-corrected chi connectivity index (χ3v) is 7.68. The summed E-state index contributed by atoms with van der Waals surface area (Å²) < 4.78 is 31.6. The molecule has 184 valence electrons. The Morgan fingerprint density at radius 1 is 1.21 bits per heavy atom. The van der Waals surface area contributed by atoms with Gasteiger partial charge in [-0.3, -0.25) is 14.4 Å². The Labute approximate surface area is 198 Å². The van der Waals surface area contributed by atoms with Crippen LogP contribution in [-0.4, -0.2) is 73.7 Å². The van der Waals surface area contributed by atoms with Crippen molar-refractivity contribution in [1.29, 1.82) is 0 Å². The number of nitrogens with one attached hydrogen (secondary N) is 1. The van der Waals surface area contributed by atoms with E-state index < -0.39 is 21.8 Å². The van der Waals surface area contributed by atoms with Crippen LogP contribution < -0.4 is 10.2 Å². The van der Waals surface area contributed by atoms with Crippen LogP contribution in [0.1, 0.15) is 26.0 Å². The molecule has 0 aliphatic carbocycles. The first kappa shape index (κ1) is 25.4. The van der Waals surface area contributed by atoms with Gasteiger partial charge in [0.15, 0.2) is 5.82 Å². The molecule has 12 heteroatoms. The number of aryl methyl sites for hydroxylation is 1. The molecule has 1 aliphatic rings. The van der Waals surface area contributed by atoms with Gasteiger partial charge in [0.1, 0.15) is 5.76 Å². The number of nitrogens with zero attached hydrogens (tertiary/aromatic N) is 4. The second-order valence-electron chi connectivity index (χ2n) is 8.05. The number of amides is 3. The molecule has 3 amide bonds.